The Labute approximate surface area is 157 Å². The molecular formula is C16H25N5O2S2. The number of benzene rings is 1. The third-order valence-corrected chi connectivity index (χ3v) is 4.37. The second-order valence-corrected chi connectivity index (χ2v) is 6.77. The van der Waals surface area contributed by atoms with E-state index in [0.29, 0.717) is 12.2 Å². The Morgan fingerprint density at radius 2 is 2.04 bits per heavy atom. The van der Waals surface area contributed by atoms with Crippen molar-refractivity contribution in [3.05, 3.63) is 29.3 Å². The van der Waals surface area contributed by atoms with Crippen molar-refractivity contribution >= 4 is 46.7 Å². The van der Waals surface area contributed by atoms with Crippen LogP contribution in [0.4, 0.5) is 10.5 Å². The molecule has 0 radical (unpaired) electrons. The molecular weight excluding hydrogens is 358 g/mol. The molecule has 0 saturated carbocycles. The first-order valence-electron chi connectivity index (χ1n) is 7.89. The smallest absolute Gasteiger partial charge is 0.312 e. The number of hydrazine groups is 1. The van der Waals surface area contributed by atoms with Gasteiger partial charge in [-0.05, 0) is 55.1 Å². The highest BCUT2D eigenvalue weighted by Gasteiger charge is 2.19. The number of hydrogen-bond donors (Lipinski definition) is 5. The first-order valence-corrected chi connectivity index (χ1v) is 9.69. The molecule has 1 atom stereocenters. The van der Waals surface area contributed by atoms with Gasteiger partial charge < -0.3 is 16.4 Å². The summed E-state index contributed by atoms with van der Waals surface area (Å²) in [6.07, 6.45) is 3.25. The average Bonchev–Trinajstić information content (AvgIpc) is 2.57. The predicted molar refractivity (Wildman–Crippen MR) is 108 cm³/mol. The molecule has 0 heterocycles. The number of thioether (sulfide) groups is 1. The number of anilines is 1. The van der Waals surface area contributed by atoms with E-state index >= 15 is 0 Å². The molecule has 138 valence electrons. The van der Waals surface area contributed by atoms with E-state index in [4.69, 9.17) is 18.0 Å². The van der Waals surface area contributed by atoms with Gasteiger partial charge in [0, 0.05) is 5.69 Å². The number of hydrogen-bond acceptors (Lipinski definition) is 4. The average molecular weight is 384 g/mol. The first-order chi connectivity index (χ1) is 11.9. The molecule has 0 aliphatic heterocycles. The maximum atomic E-state index is 12.2. The lowest BCUT2D eigenvalue weighted by Crippen LogP contribution is -2.54. The number of nitrogens with one attached hydrogen (secondary N) is 4. The Bertz CT molecular complexity index is 625. The van der Waals surface area contributed by atoms with Crippen molar-refractivity contribution in [2.24, 2.45) is 5.73 Å². The van der Waals surface area contributed by atoms with E-state index in [-0.39, 0.29) is 5.11 Å². The topological polar surface area (TPSA) is 108 Å². The van der Waals surface area contributed by atoms with Gasteiger partial charge in [0.15, 0.2) is 5.11 Å². The molecule has 0 aliphatic rings. The molecule has 1 rings (SSSR count). The Kier molecular flexibility index (Phi) is 9.07. The van der Waals surface area contributed by atoms with E-state index in [0.717, 1.165) is 23.2 Å². The van der Waals surface area contributed by atoms with E-state index in [9.17, 15) is 9.59 Å². The monoisotopic (exact) mass is 383 g/mol. The maximum absolute atomic E-state index is 12.2. The molecule has 6 N–H and O–H groups in total. The summed E-state index contributed by atoms with van der Waals surface area (Å²) in [6.45, 7) is 4.04. The number of carbonyl (C=O) groups is 2. The summed E-state index contributed by atoms with van der Waals surface area (Å²) in [4.78, 5) is 23.2. The van der Waals surface area contributed by atoms with Crippen LogP contribution in [0.1, 0.15) is 24.5 Å². The largest absolute Gasteiger partial charge is 0.352 e. The molecule has 1 aromatic carbocycles. The zero-order valence-electron chi connectivity index (χ0n) is 14.6. The van der Waals surface area contributed by atoms with Crippen molar-refractivity contribution < 1.29 is 9.59 Å². The van der Waals surface area contributed by atoms with Gasteiger partial charge in [-0.1, -0.05) is 25.1 Å². The summed E-state index contributed by atoms with van der Waals surface area (Å²) in [7, 11) is 0. The summed E-state index contributed by atoms with van der Waals surface area (Å²) in [5.41, 5.74) is 13.4. The van der Waals surface area contributed by atoms with Crippen molar-refractivity contribution in [2.75, 3.05) is 17.3 Å². The zero-order valence-corrected chi connectivity index (χ0v) is 16.3. The molecule has 7 nitrogen and oxygen atoms in total. The number of aryl methyl sites for hydroxylation is 2. The van der Waals surface area contributed by atoms with Crippen LogP contribution in [0, 0.1) is 6.92 Å². The molecule has 0 unspecified atom stereocenters. The molecule has 25 heavy (non-hydrogen) atoms. The van der Waals surface area contributed by atoms with Gasteiger partial charge in [-0.2, -0.15) is 11.8 Å². The number of thiocarbonyl (C=S) groups is 1. The second-order valence-electron chi connectivity index (χ2n) is 5.37. The van der Waals surface area contributed by atoms with Gasteiger partial charge in [-0.25, -0.2) is 4.79 Å². The third-order valence-electron chi connectivity index (χ3n) is 3.52. The Hall–Kier alpha value is -2.00. The lowest BCUT2D eigenvalue weighted by Gasteiger charge is -2.19. The highest BCUT2D eigenvalue weighted by atomic mass is 32.2. The molecule has 0 saturated heterocycles. The van der Waals surface area contributed by atoms with Crippen LogP contribution in [0.5, 0.6) is 0 Å². The number of para-hydroxylation sites is 1. The number of urea groups is 1. The molecule has 0 aliphatic carbocycles. The van der Waals surface area contributed by atoms with Crippen LogP contribution in [0.25, 0.3) is 0 Å². The maximum Gasteiger partial charge on any atom is 0.312 e. The number of carbonyl (C=O) groups excluding carboxylic acids is 2. The van der Waals surface area contributed by atoms with E-state index in [1.54, 1.807) is 11.8 Å². The van der Waals surface area contributed by atoms with E-state index in [1.807, 2.05) is 31.4 Å². The van der Waals surface area contributed by atoms with Crippen molar-refractivity contribution in [2.45, 2.75) is 32.7 Å². The van der Waals surface area contributed by atoms with Gasteiger partial charge in [0.1, 0.15) is 6.04 Å². The minimum Gasteiger partial charge on any atom is -0.352 e. The minimum atomic E-state index is -0.741. The van der Waals surface area contributed by atoms with Crippen molar-refractivity contribution in [1.82, 2.24) is 16.2 Å². The van der Waals surface area contributed by atoms with Crippen molar-refractivity contribution in [3.63, 3.8) is 0 Å². The van der Waals surface area contributed by atoms with Gasteiger partial charge in [-0.3, -0.25) is 15.6 Å². The van der Waals surface area contributed by atoms with E-state index in [1.165, 1.54) is 0 Å². The Morgan fingerprint density at radius 3 is 2.64 bits per heavy atom. The summed E-state index contributed by atoms with van der Waals surface area (Å²) in [6, 6.07) is 4.53. The molecule has 1 aromatic rings. The number of amides is 3. The summed E-state index contributed by atoms with van der Waals surface area (Å²) in [5, 5.41) is 5.79. The van der Waals surface area contributed by atoms with Crippen LogP contribution in [0.2, 0.25) is 0 Å². The SMILES string of the molecule is CCc1cccc(C)c1NC(=S)NNC(=O)[C@@H](CCSC)NC(N)=O. The van der Waals surface area contributed by atoms with Crippen LogP contribution in [-0.4, -0.2) is 35.1 Å². The van der Waals surface area contributed by atoms with Crippen LogP contribution >= 0.6 is 24.0 Å². The van der Waals surface area contributed by atoms with Crippen LogP contribution in [0.3, 0.4) is 0 Å². The Morgan fingerprint density at radius 1 is 1.32 bits per heavy atom. The Balaban J connectivity index is 2.62. The van der Waals surface area contributed by atoms with Crippen LogP contribution < -0.4 is 27.2 Å². The van der Waals surface area contributed by atoms with Crippen molar-refractivity contribution in [1.29, 1.82) is 0 Å². The summed E-state index contributed by atoms with van der Waals surface area (Å²) < 4.78 is 0. The summed E-state index contributed by atoms with van der Waals surface area (Å²) >= 11 is 6.81. The van der Waals surface area contributed by atoms with Gasteiger partial charge in [-0.15, -0.1) is 0 Å². The second kappa shape index (κ2) is 10.8. The molecule has 0 aromatic heterocycles. The van der Waals surface area contributed by atoms with E-state index in [2.05, 4.69) is 28.4 Å². The highest BCUT2D eigenvalue weighted by Crippen LogP contribution is 2.20. The van der Waals surface area contributed by atoms with Crippen molar-refractivity contribution in [3.8, 4) is 0 Å². The normalized spacial score (nSPS) is 11.3. The molecule has 9 heteroatoms. The summed E-state index contributed by atoms with van der Waals surface area (Å²) in [5.74, 6) is 0.307. The molecule has 0 spiro atoms. The highest BCUT2D eigenvalue weighted by molar-refractivity contribution is 7.98. The zero-order chi connectivity index (χ0) is 18.8. The quantitative estimate of drug-likeness (QED) is 0.362. The third kappa shape index (κ3) is 7.18. The molecule has 3 amide bonds. The lowest BCUT2D eigenvalue weighted by molar-refractivity contribution is -0.123. The standard InChI is InChI=1S/C16H25N5O2S2/c1-4-11-7-5-6-10(2)13(11)19-16(24)21-20-14(22)12(8-9-25-3)18-15(17)23/h5-7,12H,4,8-9H2,1-3H3,(H,20,22)(H3,17,18,23)(H2,19,21,24)/t12-/m1/s1. The number of primary amides is 1. The van der Waals surface area contributed by atoms with Crippen LogP contribution in [0.15, 0.2) is 18.2 Å². The first kappa shape index (κ1) is 21.0. The van der Waals surface area contributed by atoms with Gasteiger partial charge in [0.2, 0.25) is 0 Å². The number of rotatable bonds is 7. The fourth-order valence-electron chi connectivity index (χ4n) is 2.23. The fraction of sp³-hybridized carbons (Fsp3) is 0.438. The van der Waals surface area contributed by atoms with Crippen LogP contribution in [-0.2, 0) is 11.2 Å². The van der Waals surface area contributed by atoms with Gasteiger partial charge in [0.05, 0.1) is 0 Å². The predicted octanol–water partition coefficient (Wildman–Crippen LogP) is 1.67. The van der Waals surface area contributed by atoms with E-state index < -0.39 is 18.0 Å². The fourth-order valence-corrected chi connectivity index (χ4v) is 2.85. The molecule has 0 fully saturated rings. The van der Waals surface area contributed by atoms with Gasteiger partial charge >= 0.3 is 6.03 Å². The number of nitrogens with two attached hydrogens (primary N) is 1. The minimum absolute atomic E-state index is 0.264. The molecule has 0 bridgehead atoms. The lowest BCUT2D eigenvalue weighted by atomic mass is 10.1. The van der Waals surface area contributed by atoms with Gasteiger partial charge in [0.25, 0.3) is 5.91 Å².